The molecule has 0 heterocycles. The van der Waals surface area contributed by atoms with Gasteiger partial charge in [0.25, 0.3) is 0 Å². The number of benzene rings is 1. The Hall–Kier alpha value is -1.78. The van der Waals surface area contributed by atoms with Gasteiger partial charge in [-0.15, -0.1) is 4.91 Å². The second-order valence-corrected chi connectivity index (χ2v) is 2.14. The highest BCUT2D eigenvalue weighted by molar-refractivity contribution is 5.80. The van der Waals surface area contributed by atoms with Crippen molar-refractivity contribution in [3.63, 3.8) is 0 Å². The summed E-state index contributed by atoms with van der Waals surface area (Å²) in [5.41, 5.74) is 17.0. The Morgan fingerprint density at radius 3 is 1.91 bits per heavy atom. The average Bonchev–Trinajstić information content (AvgIpc) is 1.85. The average molecular weight is 152 g/mol. The van der Waals surface area contributed by atoms with Crippen LogP contribution in [0.3, 0.4) is 0 Å². The summed E-state index contributed by atoms with van der Waals surface area (Å²) < 4.78 is 0. The fourth-order valence-electron chi connectivity index (χ4n) is 0.810. The van der Waals surface area contributed by atoms with Crippen LogP contribution in [0.15, 0.2) is 17.3 Å². The van der Waals surface area contributed by atoms with Gasteiger partial charge in [-0.2, -0.15) is 0 Å². The molecule has 1 aromatic rings. The third-order valence-corrected chi connectivity index (χ3v) is 1.28. The lowest BCUT2D eigenvalue weighted by Gasteiger charge is -2.01. The highest BCUT2D eigenvalue weighted by Crippen LogP contribution is 2.31. The van der Waals surface area contributed by atoms with Gasteiger partial charge in [0.05, 0.1) is 11.4 Å². The van der Waals surface area contributed by atoms with Gasteiger partial charge in [0.2, 0.25) is 0 Å². The van der Waals surface area contributed by atoms with E-state index in [0.717, 1.165) is 0 Å². The van der Waals surface area contributed by atoms with E-state index < -0.39 is 0 Å². The largest absolute Gasteiger partial charge is 0.399 e. The first kappa shape index (κ1) is 7.33. The smallest absolute Gasteiger partial charge is 0.153 e. The molecule has 6 N–H and O–H groups in total. The van der Waals surface area contributed by atoms with E-state index in [9.17, 15) is 4.91 Å². The van der Waals surface area contributed by atoms with Crippen LogP contribution in [0.5, 0.6) is 0 Å². The van der Waals surface area contributed by atoms with E-state index in [-0.39, 0.29) is 17.1 Å². The number of hydrogen-bond donors (Lipinski definition) is 3. The Balaban J connectivity index is 3.36. The van der Waals surface area contributed by atoms with Gasteiger partial charge in [0, 0.05) is 5.69 Å². The summed E-state index contributed by atoms with van der Waals surface area (Å²) in [6.45, 7) is 0. The van der Waals surface area contributed by atoms with E-state index in [0.29, 0.717) is 5.69 Å². The molecule has 5 heteroatoms. The van der Waals surface area contributed by atoms with Crippen LogP contribution in [-0.2, 0) is 0 Å². The van der Waals surface area contributed by atoms with Crippen molar-refractivity contribution in [3.05, 3.63) is 17.0 Å². The van der Waals surface area contributed by atoms with Crippen molar-refractivity contribution in [2.45, 2.75) is 0 Å². The number of nitrogens with zero attached hydrogens (tertiary/aromatic N) is 1. The van der Waals surface area contributed by atoms with Gasteiger partial charge in [-0.05, 0) is 17.3 Å². The molecule has 11 heavy (non-hydrogen) atoms. The maximum atomic E-state index is 10.1. The lowest BCUT2D eigenvalue weighted by atomic mass is 10.2. The van der Waals surface area contributed by atoms with Gasteiger partial charge in [-0.25, -0.2) is 0 Å². The zero-order chi connectivity index (χ0) is 8.43. The second kappa shape index (κ2) is 2.45. The lowest BCUT2D eigenvalue weighted by Crippen LogP contribution is -1.94. The van der Waals surface area contributed by atoms with Gasteiger partial charge >= 0.3 is 0 Å². The minimum absolute atomic E-state index is 0.0548. The minimum atomic E-state index is 0.0548. The van der Waals surface area contributed by atoms with Crippen LogP contribution in [-0.4, -0.2) is 0 Å². The fourth-order valence-corrected chi connectivity index (χ4v) is 0.810. The molecule has 0 aliphatic rings. The summed E-state index contributed by atoms with van der Waals surface area (Å²) in [7, 11) is 0. The van der Waals surface area contributed by atoms with Crippen molar-refractivity contribution in [3.8, 4) is 0 Å². The highest BCUT2D eigenvalue weighted by Gasteiger charge is 2.04. The normalized spacial score (nSPS) is 9.45. The number of anilines is 3. The van der Waals surface area contributed by atoms with Crippen molar-refractivity contribution in [2.75, 3.05) is 17.2 Å². The number of hydrogen-bond acceptors (Lipinski definition) is 5. The molecule has 0 radical (unpaired) electrons. The van der Waals surface area contributed by atoms with Crippen LogP contribution in [0.4, 0.5) is 22.7 Å². The van der Waals surface area contributed by atoms with E-state index in [1.807, 2.05) is 0 Å². The van der Waals surface area contributed by atoms with E-state index in [1.165, 1.54) is 12.1 Å². The topological polar surface area (TPSA) is 107 Å². The number of nitrogens with two attached hydrogens (primary N) is 3. The molecule has 1 rings (SSSR count). The predicted octanol–water partition coefficient (Wildman–Crippen LogP) is 0.831. The van der Waals surface area contributed by atoms with Crippen molar-refractivity contribution >= 4 is 22.7 Å². The summed E-state index contributed by atoms with van der Waals surface area (Å²) in [4.78, 5) is 10.1. The maximum Gasteiger partial charge on any atom is 0.153 e. The van der Waals surface area contributed by atoms with Gasteiger partial charge in [-0.1, -0.05) is 0 Å². The van der Waals surface area contributed by atoms with Gasteiger partial charge in [0.1, 0.15) is 0 Å². The maximum absolute atomic E-state index is 10.1. The lowest BCUT2D eigenvalue weighted by molar-refractivity contribution is 1.49. The molecule has 0 aliphatic heterocycles. The second-order valence-electron chi connectivity index (χ2n) is 2.14. The predicted molar refractivity (Wildman–Crippen MR) is 45.1 cm³/mol. The van der Waals surface area contributed by atoms with E-state index >= 15 is 0 Å². The molecular weight excluding hydrogens is 144 g/mol. The minimum Gasteiger partial charge on any atom is -0.399 e. The number of nitroso groups, excluding NO2 is 1. The first-order valence-corrected chi connectivity index (χ1v) is 2.93. The van der Waals surface area contributed by atoms with E-state index in [1.54, 1.807) is 0 Å². The molecule has 0 bridgehead atoms. The number of nitrogen functional groups attached to an aromatic ring is 3. The zero-order valence-corrected chi connectivity index (χ0v) is 5.74. The van der Waals surface area contributed by atoms with E-state index in [4.69, 9.17) is 17.2 Å². The molecule has 0 saturated heterocycles. The van der Waals surface area contributed by atoms with Crippen molar-refractivity contribution in [2.24, 2.45) is 5.18 Å². The van der Waals surface area contributed by atoms with Crippen LogP contribution in [0.1, 0.15) is 0 Å². The third-order valence-electron chi connectivity index (χ3n) is 1.28. The Labute approximate surface area is 63.1 Å². The first-order valence-electron chi connectivity index (χ1n) is 2.93. The van der Waals surface area contributed by atoms with E-state index in [2.05, 4.69) is 5.18 Å². The standard InChI is InChI=1S/C6H8N4O/c7-3-1-4(8)6(10-11)5(9)2-3/h1-2H,7-9H2. The van der Waals surface area contributed by atoms with Crippen molar-refractivity contribution < 1.29 is 0 Å². The quantitative estimate of drug-likeness (QED) is 0.409. The molecule has 0 aromatic heterocycles. The molecule has 0 unspecified atom stereocenters. The summed E-state index contributed by atoms with van der Waals surface area (Å²) in [5, 5.41) is 2.66. The first-order chi connectivity index (χ1) is 5.15. The van der Waals surface area contributed by atoms with Crippen molar-refractivity contribution in [1.82, 2.24) is 0 Å². The molecule has 0 fully saturated rings. The molecule has 0 spiro atoms. The molecule has 58 valence electrons. The monoisotopic (exact) mass is 152 g/mol. The number of rotatable bonds is 1. The SMILES string of the molecule is Nc1cc(N)c(N=O)c(N)c1. The van der Waals surface area contributed by atoms with Crippen molar-refractivity contribution in [1.29, 1.82) is 0 Å². The van der Waals surface area contributed by atoms with Gasteiger partial charge in [-0.3, -0.25) is 0 Å². The van der Waals surface area contributed by atoms with Crippen LogP contribution in [0.2, 0.25) is 0 Å². The Morgan fingerprint density at radius 2 is 1.55 bits per heavy atom. The van der Waals surface area contributed by atoms with Gasteiger partial charge < -0.3 is 17.2 Å². The molecular formula is C6H8N4O. The fraction of sp³-hybridized carbons (Fsp3) is 0. The molecule has 5 nitrogen and oxygen atoms in total. The molecule has 1 aromatic carbocycles. The molecule has 0 amide bonds. The third kappa shape index (κ3) is 1.21. The molecule has 0 saturated carbocycles. The summed E-state index contributed by atoms with van der Waals surface area (Å²) >= 11 is 0. The van der Waals surface area contributed by atoms with Crippen LogP contribution >= 0.6 is 0 Å². The van der Waals surface area contributed by atoms with Gasteiger partial charge in [0.15, 0.2) is 5.69 Å². The summed E-state index contributed by atoms with van der Waals surface area (Å²) in [6.07, 6.45) is 0. The Kier molecular flexibility index (Phi) is 1.63. The summed E-state index contributed by atoms with van der Waals surface area (Å²) in [6, 6.07) is 2.88. The highest BCUT2D eigenvalue weighted by atomic mass is 16.3. The Morgan fingerprint density at radius 1 is 1.09 bits per heavy atom. The molecule has 0 aliphatic carbocycles. The Bertz CT molecular complexity index is 274. The van der Waals surface area contributed by atoms with Crippen LogP contribution in [0, 0.1) is 4.91 Å². The van der Waals surface area contributed by atoms with Crippen LogP contribution < -0.4 is 17.2 Å². The zero-order valence-electron chi connectivity index (χ0n) is 5.74. The van der Waals surface area contributed by atoms with Crippen LogP contribution in [0.25, 0.3) is 0 Å². The summed E-state index contributed by atoms with van der Waals surface area (Å²) in [5.74, 6) is 0. The molecule has 0 atom stereocenters.